The lowest BCUT2D eigenvalue weighted by atomic mass is 9.73. The van der Waals surface area contributed by atoms with Crippen LogP contribution in [0, 0.1) is 5.41 Å². The van der Waals surface area contributed by atoms with Crippen LogP contribution in [0.4, 0.5) is 0 Å². The molecule has 0 spiro atoms. The summed E-state index contributed by atoms with van der Waals surface area (Å²) in [5.41, 5.74) is 2.94. The first-order valence-electron chi connectivity index (χ1n) is 10.5. The molecule has 1 aliphatic rings. The first kappa shape index (κ1) is 20.8. The van der Waals surface area contributed by atoms with Crippen LogP contribution in [-0.4, -0.2) is 64.0 Å². The third-order valence-corrected chi connectivity index (χ3v) is 5.97. The van der Waals surface area contributed by atoms with Gasteiger partial charge in [0.25, 0.3) is 5.91 Å². The predicted octanol–water partition coefficient (Wildman–Crippen LogP) is 3.03. The van der Waals surface area contributed by atoms with Gasteiger partial charge in [-0.2, -0.15) is 5.10 Å². The third-order valence-electron chi connectivity index (χ3n) is 5.97. The van der Waals surface area contributed by atoms with E-state index in [1.807, 2.05) is 30.5 Å². The van der Waals surface area contributed by atoms with Gasteiger partial charge >= 0.3 is 0 Å². The van der Waals surface area contributed by atoms with Gasteiger partial charge in [0, 0.05) is 51.3 Å². The molecule has 1 N–H and O–H groups in total. The molecule has 31 heavy (non-hydrogen) atoms. The van der Waals surface area contributed by atoms with Crippen LogP contribution >= 0.6 is 0 Å². The zero-order chi connectivity index (χ0) is 21.8. The Balaban J connectivity index is 1.70. The van der Waals surface area contributed by atoms with Gasteiger partial charge < -0.3 is 9.80 Å². The third kappa shape index (κ3) is 4.21. The summed E-state index contributed by atoms with van der Waals surface area (Å²) in [6.07, 6.45) is 7.23. The molecule has 0 aliphatic carbocycles. The number of carbonyl (C=O) groups excluding carboxylic acids is 2. The maximum Gasteiger partial charge on any atom is 0.271 e. The number of rotatable bonds is 5. The topological polar surface area (TPSA) is 82.2 Å². The number of nitrogens with zero attached hydrogens (tertiary/aromatic N) is 4. The highest BCUT2D eigenvalue weighted by Gasteiger charge is 2.45. The number of H-pyrrole nitrogens is 1. The van der Waals surface area contributed by atoms with Crippen LogP contribution in [-0.2, 0) is 11.2 Å². The summed E-state index contributed by atoms with van der Waals surface area (Å²) in [5, 5.41) is 6.65. The fraction of sp³-hybridized carbons (Fsp3) is 0.333. The van der Waals surface area contributed by atoms with Gasteiger partial charge in [-0.3, -0.25) is 19.7 Å². The Morgan fingerprint density at radius 3 is 2.68 bits per heavy atom. The summed E-state index contributed by atoms with van der Waals surface area (Å²) in [4.78, 5) is 34.2. The molecule has 0 bridgehead atoms. The van der Waals surface area contributed by atoms with Crippen LogP contribution in [0.3, 0.4) is 0 Å². The second-order valence-corrected chi connectivity index (χ2v) is 8.36. The molecule has 2 aromatic heterocycles. The number of nitrogens with one attached hydrogen (secondary N) is 1. The number of likely N-dealkylation sites (tertiary alicyclic amines) is 1. The largest absolute Gasteiger partial charge is 0.348 e. The first-order valence-corrected chi connectivity index (χ1v) is 10.5. The molecule has 1 unspecified atom stereocenters. The maximum absolute atomic E-state index is 13.5. The molecular formula is C24H27N5O2. The van der Waals surface area contributed by atoms with Crippen LogP contribution in [0.2, 0.25) is 0 Å². The number of benzene rings is 1. The van der Waals surface area contributed by atoms with Crippen molar-refractivity contribution in [3.05, 3.63) is 72.3 Å². The van der Waals surface area contributed by atoms with Gasteiger partial charge in [0.1, 0.15) is 5.69 Å². The molecule has 0 radical (unpaired) electrons. The lowest BCUT2D eigenvalue weighted by Crippen LogP contribution is -2.54. The smallest absolute Gasteiger partial charge is 0.271 e. The molecule has 4 rings (SSSR count). The Labute approximate surface area is 182 Å². The number of piperidine rings is 1. The maximum atomic E-state index is 13.5. The zero-order valence-electron chi connectivity index (χ0n) is 17.9. The number of hydrogen-bond acceptors (Lipinski definition) is 4. The molecule has 3 heterocycles. The fourth-order valence-electron chi connectivity index (χ4n) is 4.56. The van der Waals surface area contributed by atoms with Crippen molar-refractivity contribution >= 4 is 11.8 Å². The Kier molecular flexibility index (Phi) is 5.84. The molecule has 1 aliphatic heterocycles. The minimum Gasteiger partial charge on any atom is -0.348 e. The minimum absolute atomic E-state index is 0.0515. The highest BCUT2D eigenvalue weighted by atomic mass is 16.2. The molecule has 2 amide bonds. The second kappa shape index (κ2) is 8.71. The van der Waals surface area contributed by atoms with E-state index in [1.165, 1.54) is 0 Å². The molecule has 3 aromatic rings. The van der Waals surface area contributed by atoms with E-state index in [0.717, 1.165) is 29.5 Å². The summed E-state index contributed by atoms with van der Waals surface area (Å²) in [6.45, 7) is 1.01. The summed E-state index contributed by atoms with van der Waals surface area (Å²) in [6, 6.07) is 13.8. The van der Waals surface area contributed by atoms with Crippen molar-refractivity contribution in [1.82, 2.24) is 25.0 Å². The quantitative estimate of drug-likeness (QED) is 0.692. The van der Waals surface area contributed by atoms with E-state index in [2.05, 4.69) is 27.3 Å². The standard InChI is InChI=1S/C24H27N5O2/c1-28(2)23(31)24(11-6-14-29(17-24)22(30)21-10-13-26-27-21)15-18-7-3-4-9-20(18)19-8-5-12-25-16-19/h3-5,7-10,12-13,16H,6,11,14-15,17H2,1-2H3,(H,26,27). The summed E-state index contributed by atoms with van der Waals surface area (Å²) in [7, 11) is 3.57. The highest BCUT2D eigenvalue weighted by Crippen LogP contribution is 2.38. The summed E-state index contributed by atoms with van der Waals surface area (Å²) < 4.78 is 0. The molecule has 160 valence electrons. The molecule has 1 atom stereocenters. The molecule has 1 saturated heterocycles. The summed E-state index contributed by atoms with van der Waals surface area (Å²) in [5.74, 6) is -0.0655. The number of amides is 2. The Hall–Kier alpha value is -3.48. The Bertz CT molecular complexity index is 1050. The number of carbonyl (C=O) groups is 2. The fourth-order valence-corrected chi connectivity index (χ4v) is 4.56. The predicted molar refractivity (Wildman–Crippen MR) is 118 cm³/mol. The van der Waals surface area contributed by atoms with Crippen molar-refractivity contribution in [2.75, 3.05) is 27.2 Å². The van der Waals surface area contributed by atoms with Crippen LogP contribution < -0.4 is 0 Å². The van der Waals surface area contributed by atoms with E-state index in [1.54, 1.807) is 42.4 Å². The van der Waals surface area contributed by atoms with Gasteiger partial charge in [-0.05, 0) is 42.5 Å². The Morgan fingerprint density at radius 1 is 1.13 bits per heavy atom. The van der Waals surface area contributed by atoms with Crippen LogP contribution in [0.15, 0.2) is 61.1 Å². The summed E-state index contributed by atoms with van der Waals surface area (Å²) >= 11 is 0. The van der Waals surface area contributed by atoms with Crippen molar-refractivity contribution in [2.45, 2.75) is 19.3 Å². The van der Waals surface area contributed by atoms with E-state index in [4.69, 9.17) is 0 Å². The van der Waals surface area contributed by atoms with E-state index in [9.17, 15) is 9.59 Å². The van der Waals surface area contributed by atoms with Crippen molar-refractivity contribution in [3.8, 4) is 11.1 Å². The number of aromatic nitrogens is 3. The number of pyridine rings is 1. The lowest BCUT2D eigenvalue weighted by molar-refractivity contribution is -0.142. The van der Waals surface area contributed by atoms with Gasteiger partial charge in [-0.25, -0.2) is 0 Å². The minimum atomic E-state index is -0.685. The van der Waals surface area contributed by atoms with E-state index in [0.29, 0.717) is 25.2 Å². The van der Waals surface area contributed by atoms with Crippen LogP contribution in [0.25, 0.3) is 11.1 Å². The van der Waals surface area contributed by atoms with Crippen molar-refractivity contribution in [1.29, 1.82) is 0 Å². The number of aromatic amines is 1. The number of hydrogen-bond donors (Lipinski definition) is 1. The molecule has 1 fully saturated rings. The molecule has 1 aromatic carbocycles. The highest BCUT2D eigenvalue weighted by molar-refractivity contribution is 5.93. The normalized spacial score (nSPS) is 18.6. The van der Waals surface area contributed by atoms with Crippen molar-refractivity contribution in [3.63, 3.8) is 0 Å². The first-order chi connectivity index (χ1) is 15.0. The van der Waals surface area contributed by atoms with E-state index in [-0.39, 0.29) is 11.8 Å². The second-order valence-electron chi connectivity index (χ2n) is 8.36. The SMILES string of the molecule is CN(C)C(=O)C1(Cc2ccccc2-c2cccnc2)CCCN(C(=O)c2ccn[nH]2)C1. The average molecular weight is 418 g/mol. The monoisotopic (exact) mass is 417 g/mol. The van der Waals surface area contributed by atoms with Gasteiger partial charge in [-0.15, -0.1) is 0 Å². The molecule has 7 heteroatoms. The van der Waals surface area contributed by atoms with Crippen LogP contribution in [0.5, 0.6) is 0 Å². The molecular weight excluding hydrogens is 390 g/mol. The van der Waals surface area contributed by atoms with Gasteiger partial charge in [0.05, 0.1) is 5.41 Å². The van der Waals surface area contributed by atoms with Crippen molar-refractivity contribution in [2.24, 2.45) is 5.41 Å². The van der Waals surface area contributed by atoms with Crippen LogP contribution in [0.1, 0.15) is 28.9 Å². The van der Waals surface area contributed by atoms with Gasteiger partial charge in [-0.1, -0.05) is 30.3 Å². The molecule has 7 nitrogen and oxygen atoms in total. The molecule has 0 saturated carbocycles. The lowest BCUT2D eigenvalue weighted by Gasteiger charge is -2.43. The zero-order valence-corrected chi connectivity index (χ0v) is 17.9. The van der Waals surface area contributed by atoms with Gasteiger partial charge in [0.2, 0.25) is 5.91 Å². The Morgan fingerprint density at radius 2 is 1.97 bits per heavy atom. The van der Waals surface area contributed by atoms with E-state index < -0.39 is 5.41 Å². The van der Waals surface area contributed by atoms with Crippen molar-refractivity contribution < 1.29 is 9.59 Å². The van der Waals surface area contributed by atoms with Gasteiger partial charge in [0.15, 0.2) is 0 Å². The van der Waals surface area contributed by atoms with E-state index >= 15 is 0 Å². The average Bonchev–Trinajstić information content (AvgIpc) is 3.34.